The maximum absolute atomic E-state index is 12.0. The number of hydrogen-bond donors (Lipinski definition) is 0. The molecule has 7 nitrogen and oxygen atoms in total. The lowest BCUT2D eigenvalue weighted by Crippen LogP contribution is -2.22. The van der Waals surface area contributed by atoms with E-state index >= 15 is 0 Å². The Labute approximate surface area is 161 Å². The second-order valence-corrected chi connectivity index (χ2v) is 6.92. The number of nitrogens with zero attached hydrogens (tertiary/aromatic N) is 3. The molecule has 1 aliphatic heterocycles. The molecule has 142 valence electrons. The molecule has 1 amide bonds. The molecular formula is C21H19N3O4. The second kappa shape index (κ2) is 6.92. The molecule has 0 saturated heterocycles. The van der Waals surface area contributed by atoms with Crippen LogP contribution in [0, 0.1) is 0 Å². The first kappa shape index (κ1) is 17.9. The molecule has 4 rings (SSSR count). The van der Waals surface area contributed by atoms with Crippen molar-refractivity contribution in [1.29, 1.82) is 0 Å². The number of benzene rings is 2. The van der Waals surface area contributed by atoms with Crippen molar-refractivity contribution in [1.82, 2.24) is 14.9 Å². The predicted molar refractivity (Wildman–Crippen MR) is 103 cm³/mol. The van der Waals surface area contributed by atoms with Crippen LogP contribution < -0.4 is 9.47 Å². The zero-order chi connectivity index (χ0) is 19.8. The van der Waals surface area contributed by atoms with Crippen LogP contribution in [-0.4, -0.2) is 47.3 Å². The van der Waals surface area contributed by atoms with E-state index in [0.717, 1.165) is 28.4 Å². The lowest BCUT2D eigenvalue weighted by atomic mass is 9.99. The van der Waals surface area contributed by atoms with Gasteiger partial charge in [0.05, 0.1) is 12.4 Å². The van der Waals surface area contributed by atoms with E-state index in [4.69, 9.17) is 9.47 Å². The monoisotopic (exact) mass is 377 g/mol. The Kier molecular flexibility index (Phi) is 4.43. The average Bonchev–Trinajstić information content (AvgIpc) is 3.09. The van der Waals surface area contributed by atoms with Gasteiger partial charge in [-0.1, -0.05) is 18.2 Å². The molecule has 0 N–H and O–H groups in total. The van der Waals surface area contributed by atoms with Gasteiger partial charge in [-0.05, 0) is 18.4 Å². The van der Waals surface area contributed by atoms with Crippen LogP contribution >= 0.6 is 0 Å². The summed E-state index contributed by atoms with van der Waals surface area (Å²) >= 11 is 0. The summed E-state index contributed by atoms with van der Waals surface area (Å²) in [5, 5.41) is 1.64. The maximum Gasteiger partial charge on any atom is 0.273 e. The minimum atomic E-state index is -0.233. The van der Waals surface area contributed by atoms with Crippen LogP contribution in [-0.2, 0) is 6.42 Å². The van der Waals surface area contributed by atoms with Crippen molar-refractivity contribution < 1.29 is 19.1 Å². The number of rotatable bonds is 4. The second-order valence-electron chi connectivity index (χ2n) is 6.92. The fraction of sp³-hybridized carbons (Fsp3) is 0.238. The van der Waals surface area contributed by atoms with E-state index in [0.29, 0.717) is 17.7 Å². The van der Waals surface area contributed by atoms with Crippen LogP contribution in [0.5, 0.6) is 17.4 Å². The molecule has 1 atom stereocenters. The molecule has 7 heteroatoms. The summed E-state index contributed by atoms with van der Waals surface area (Å²) in [4.78, 5) is 33.2. The van der Waals surface area contributed by atoms with Crippen LogP contribution in [0.3, 0.4) is 0 Å². The Morgan fingerprint density at radius 1 is 1.25 bits per heavy atom. The Bertz CT molecular complexity index is 1080. The van der Waals surface area contributed by atoms with Crippen LogP contribution in [0.15, 0.2) is 36.7 Å². The number of aldehydes is 1. The summed E-state index contributed by atoms with van der Waals surface area (Å²) in [6, 6.07) is 7.36. The fourth-order valence-electron chi connectivity index (χ4n) is 3.31. The van der Waals surface area contributed by atoms with Gasteiger partial charge in [0.15, 0.2) is 6.29 Å². The standard InChI is InChI=1S/C21H19N3O4/c1-12-7-16-18(28-19-10-22-17(9-23-19)21(26)24(2)3)8-15-13(11-25)5-4-6-14(15)20(16)27-12/h4-6,8-12H,7H2,1-3H3. The van der Waals surface area contributed by atoms with Crippen LogP contribution in [0.4, 0.5) is 0 Å². The molecule has 0 fully saturated rings. The summed E-state index contributed by atoms with van der Waals surface area (Å²) in [5.74, 6) is 1.33. The number of ether oxygens (including phenoxy) is 2. The van der Waals surface area contributed by atoms with E-state index in [1.165, 1.54) is 17.3 Å². The van der Waals surface area contributed by atoms with Gasteiger partial charge < -0.3 is 14.4 Å². The number of carbonyl (C=O) groups is 2. The zero-order valence-electron chi connectivity index (χ0n) is 15.8. The summed E-state index contributed by atoms with van der Waals surface area (Å²) in [7, 11) is 3.30. The van der Waals surface area contributed by atoms with E-state index in [1.807, 2.05) is 25.1 Å². The number of amides is 1. The van der Waals surface area contributed by atoms with Gasteiger partial charge in [0.1, 0.15) is 23.3 Å². The van der Waals surface area contributed by atoms with Crippen molar-refractivity contribution >= 4 is 23.0 Å². The van der Waals surface area contributed by atoms with E-state index in [1.54, 1.807) is 20.2 Å². The Morgan fingerprint density at radius 2 is 2.07 bits per heavy atom. The molecule has 28 heavy (non-hydrogen) atoms. The third-order valence-electron chi connectivity index (χ3n) is 4.64. The highest BCUT2D eigenvalue weighted by Crippen LogP contribution is 2.44. The molecule has 3 aromatic rings. The normalized spacial score (nSPS) is 15.0. The molecule has 2 heterocycles. The molecule has 0 saturated carbocycles. The summed E-state index contributed by atoms with van der Waals surface area (Å²) in [6.07, 6.45) is 4.32. The first-order valence-corrected chi connectivity index (χ1v) is 8.90. The lowest BCUT2D eigenvalue weighted by molar-refractivity contribution is 0.0821. The SMILES string of the molecule is CC1Cc2c(Oc3cnc(C(=O)N(C)C)cn3)cc3c(C=O)cccc3c2O1. The van der Waals surface area contributed by atoms with E-state index in [-0.39, 0.29) is 23.6 Å². The first-order valence-electron chi connectivity index (χ1n) is 8.90. The number of fused-ring (bicyclic) bond motifs is 3. The topological polar surface area (TPSA) is 81.6 Å². The molecule has 0 spiro atoms. The van der Waals surface area contributed by atoms with Crippen molar-refractivity contribution in [2.75, 3.05) is 14.1 Å². The highest BCUT2D eigenvalue weighted by Gasteiger charge is 2.27. The Morgan fingerprint density at radius 3 is 2.75 bits per heavy atom. The summed E-state index contributed by atoms with van der Waals surface area (Å²) in [5.41, 5.74) is 1.73. The highest BCUT2D eigenvalue weighted by molar-refractivity contribution is 6.02. The van der Waals surface area contributed by atoms with Crippen LogP contribution in [0.1, 0.15) is 33.3 Å². The minimum absolute atomic E-state index is 0.00834. The summed E-state index contributed by atoms with van der Waals surface area (Å²) < 4.78 is 12.0. The number of aromatic nitrogens is 2. The molecule has 1 unspecified atom stereocenters. The third-order valence-corrected chi connectivity index (χ3v) is 4.64. The molecule has 0 aliphatic carbocycles. The molecule has 0 bridgehead atoms. The van der Waals surface area contributed by atoms with Crippen molar-refractivity contribution in [3.05, 3.63) is 53.5 Å². The Balaban J connectivity index is 1.76. The Hall–Kier alpha value is -3.48. The quantitative estimate of drug-likeness (QED) is 0.649. The van der Waals surface area contributed by atoms with Crippen LogP contribution in [0.2, 0.25) is 0 Å². The predicted octanol–water partition coefficient (Wildman–Crippen LogP) is 3.26. The smallest absolute Gasteiger partial charge is 0.273 e. The molecular weight excluding hydrogens is 358 g/mol. The third kappa shape index (κ3) is 3.05. The summed E-state index contributed by atoms with van der Waals surface area (Å²) in [6.45, 7) is 1.99. The lowest BCUT2D eigenvalue weighted by Gasteiger charge is -2.13. The van der Waals surface area contributed by atoms with E-state index in [9.17, 15) is 9.59 Å². The fourth-order valence-corrected chi connectivity index (χ4v) is 3.31. The van der Waals surface area contributed by atoms with Gasteiger partial charge in [-0.2, -0.15) is 0 Å². The van der Waals surface area contributed by atoms with Gasteiger partial charge in [0.25, 0.3) is 5.91 Å². The van der Waals surface area contributed by atoms with E-state index < -0.39 is 0 Å². The van der Waals surface area contributed by atoms with Crippen molar-refractivity contribution in [3.63, 3.8) is 0 Å². The molecule has 1 aliphatic rings. The van der Waals surface area contributed by atoms with Gasteiger partial charge in [0, 0.05) is 37.0 Å². The highest BCUT2D eigenvalue weighted by atomic mass is 16.5. The average molecular weight is 377 g/mol. The van der Waals surface area contributed by atoms with Gasteiger partial charge in [0.2, 0.25) is 5.88 Å². The number of carbonyl (C=O) groups excluding carboxylic acids is 2. The molecule has 1 aromatic heterocycles. The van der Waals surface area contributed by atoms with Crippen LogP contribution in [0.25, 0.3) is 10.8 Å². The minimum Gasteiger partial charge on any atom is -0.489 e. The van der Waals surface area contributed by atoms with Gasteiger partial charge in [-0.3, -0.25) is 9.59 Å². The maximum atomic E-state index is 12.0. The van der Waals surface area contributed by atoms with Crippen molar-refractivity contribution in [2.24, 2.45) is 0 Å². The largest absolute Gasteiger partial charge is 0.489 e. The molecule has 0 radical (unpaired) electrons. The van der Waals surface area contributed by atoms with Crippen molar-refractivity contribution in [3.8, 4) is 17.4 Å². The van der Waals surface area contributed by atoms with Crippen molar-refractivity contribution in [2.45, 2.75) is 19.4 Å². The molecule has 2 aromatic carbocycles. The van der Waals surface area contributed by atoms with E-state index in [2.05, 4.69) is 9.97 Å². The van der Waals surface area contributed by atoms with Gasteiger partial charge in [-0.15, -0.1) is 0 Å². The zero-order valence-corrected chi connectivity index (χ0v) is 15.8. The van der Waals surface area contributed by atoms with Gasteiger partial charge in [-0.25, -0.2) is 9.97 Å². The first-order chi connectivity index (χ1) is 13.5. The van der Waals surface area contributed by atoms with Gasteiger partial charge >= 0.3 is 0 Å². The number of hydrogen-bond acceptors (Lipinski definition) is 6.